The lowest BCUT2D eigenvalue weighted by molar-refractivity contribution is -0.207. The molecule has 4 rings (SSSR count). The molecule has 2 aromatic heterocycles. The van der Waals surface area contributed by atoms with E-state index in [1.54, 1.807) is 0 Å². The maximum absolute atomic E-state index is 13.5. The summed E-state index contributed by atoms with van der Waals surface area (Å²) in [4.78, 5) is 17.0. The quantitative estimate of drug-likeness (QED) is 0.330. The number of benzene rings is 2. The van der Waals surface area contributed by atoms with E-state index < -0.39 is 36.3 Å². The van der Waals surface area contributed by atoms with Gasteiger partial charge in [0.05, 0.1) is 18.7 Å². The van der Waals surface area contributed by atoms with Gasteiger partial charge in [-0.25, -0.2) is 9.48 Å². The molecule has 1 N–H and O–H groups in total. The van der Waals surface area contributed by atoms with Crippen LogP contribution in [0.2, 0.25) is 5.02 Å². The van der Waals surface area contributed by atoms with Crippen molar-refractivity contribution in [2.75, 3.05) is 0 Å². The zero-order valence-corrected chi connectivity index (χ0v) is 19.4. The molecule has 0 saturated carbocycles. The number of hydrogen-bond acceptors (Lipinski definition) is 4. The van der Waals surface area contributed by atoms with Gasteiger partial charge in [-0.05, 0) is 47.5 Å². The van der Waals surface area contributed by atoms with Crippen molar-refractivity contribution in [1.29, 1.82) is 0 Å². The Morgan fingerprint density at radius 2 is 1.62 bits per heavy atom. The lowest BCUT2D eigenvalue weighted by atomic mass is 10.00. The fourth-order valence-corrected chi connectivity index (χ4v) is 3.80. The molecule has 13 heteroatoms. The number of hydrogen-bond donors (Lipinski definition) is 1. The number of halogens is 7. The van der Waals surface area contributed by atoms with Gasteiger partial charge in [-0.15, -0.1) is 5.10 Å². The SMILES string of the molecule is O=c1n(Cc2cncc(-c3ccccc3C(F)(F)F)c2)nc(-c2ccc(Cl)cc2)n1CC(O)C(F)(F)F. The highest BCUT2D eigenvalue weighted by atomic mass is 35.5. The smallest absolute Gasteiger partial charge is 0.382 e. The van der Waals surface area contributed by atoms with E-state index in [1.807, 2.05) is 0 Å². The molecule has 0 radical (unpaired) electrons. The van der Waals surface area contributed by atoms with E-state index in [2.05, 4.69) is 10.1 Å². The van der Waals surface area contributed by atoms with Crippen molar-refractivity contribution in [3.8, 4) is 22.5 Å². The molecule has 2 aromatic carbocycles. The van der Waals surface area contributed by atoms with E-state index in [9.17, 15) is 36.2 Å². The fourth-order valence-electron chi connectivity index (χ4n) is 3.67. The molecule has 0 amide bonds. The van der Waals surface area contributed by atoms with Gasteiger partial charge in [-0.3, -0.25) is 9.55 Å². The highest BCUT2D eigenvalue weighted by molar-refractivity contribution is 6.30. The van der Waals surface area contributed by atoms with Gasteiger partial charge in [0.1, 0.15) is 0 Å². The molecule has 0 aliphatic heterocycles. The Labute approximate surface area is 210 Å². The van der Waals surface area contributed by atoms with Crippen LogP contribution in [0.25, 0.3) is 22.5 Å². The molecule has 0 bridgehead atoms. The minimum atomic E-state index is -4.98. The van der Waals surface area contributed by atoms with Crippen molar-refractivity contribution < 1.29 is 31.4 Å². The molecule has 1 atom stereocenters. The van der Waals surface area contributed by atoms with Crippen LogP contribution in [0.4, 0.5) is 26.3 Å². The first-order valence-corrected chi connectivity index (χ1v) is 11.0. The summed E-state index contributed by atoms with van der Waals surface area (Å²) in [5, 5.41) is 14.1. The Balaban J connectivity index is 1.75. The van der Waals surface area contributed by atoms with Crippen LogP contribution in [0.3, 0.4) is 0 Å². The zero-order chi connectivity index (χ0) is 27.0. The molecule has 1 unspecified atom stereocenters. The van der Waals surface area contributed by atoms with E-state index in [4.69, 9.17) is 11.6 Å². The van der Waals surface area contributed by atoms with Crippen LogP contribution >= 0.6 is 11.6 Å². The molecule has 6 nitrogen and oxygen atoms in total. The number of aromatic nitrogens is 4. The average Bonchev–Trinajstić information content (AvgIpc) is 3.13. The predicted molar refractivity (Wildman–Crippen MR) is 123 cm³/mol. The number of aliphatic hydroxyl groups is 1. The summed E-state index contributed by atoms with van der Waals surface area (Å²) in [5.41, 5.74) is -1.29. The normalized spacial score (nSPS) is 13.1. The van der Waals surface area contributed by atoms with Gasteiger partial charge in [0.25, 0.3) is 0 Å². The first kappa shape index (κ1) is 26.4. The molecule has 0 aliphatic rings. The highest BCUT2D eigenvalue weighted by Gasteiger charge is 2.39. The third kappa shape index (κ3) is 5.86. The van der Waals surface area contributed by atoms with E-state index in [-0.39, 0.29) is 34.6 Å². The third-order valence-corrected chi connectivity index (χ3v) is 5.68. The minimum absolute atomic E-state index is 0.127. The lowest BCUT2D eigenvalue weighted by Gasteiger charge is -2.15. The van der Waals surface area contributed by atoms with Crippen molar-refractivity contribution in [3.63, 3.8) is 0 Å². The second-order valence-corrected chi connectivity index (χ2v) is 8.50. The monoisotopic (exact) mass is 542 g/mol. The summed E-state index contributed by atoms with van der Waals surface area (Å²) in [6.07, 6.45) is -9.90. The molecule has 0 aliphatic carbocycles. The van der Waals surface area contributed by atoms with E-state index in [0.717, 1.165) is 10.7 Å². The Morgan fingerprint density at radius 3 is 2.27 bits per heavy atom. The summed E-state index contributed by atoms with van der Waals surface area (Å²) < 4.78 is 81.0. The molecular weight excluding hydrogens is 526 g/mol. The van der Waals surface area contributed by atoms with Crippen molar-refractivity contribution in [1.82, 2.24) is 19.3 Å². The Kier molecular flexibility index (Phi) is 7.16. The Hall–Kier alpha value is -3.64. The maximum atomic E-state index is 13.5. The van der Waals surface area contributed by atoms with Gasteiger partial charge in [0.15, 0.2) is 11.9 Å². The van der Waals surface area contributed by atoms with Gasteiger partial charge in [0, 0.05) is 28.5 Å². The number of alkyl halides is 6. The summed E-state index contributed by atoms with van der Waals surface area (Å²) in [5.74, 6) is -0.156. The summed E-state index contributed by atoms with van der Waals surface area (Å²) in [6.45, 7) is -1.42. The highest BCUT2D eigenvalue weighted by Crippen LogP contribution is 2.37. The van der Waals surface area contributed by atoms with Gasteiger partial charge >= 0.3 is 18.0 Å². The van der Waals surface area contributed by atoms with Crippen molar-refractivity contribution in [3.05, 3.63) is 93.6 Å². The summed E-state index contributed by atoms with van der Waals surface area (Å²) in [7, 11) is 0. The fraction of sp³-hybridized carbons (Fsp3) is 0.208. The average molecular weight is 543 g/mol. The van der Waals surface area contributed by atoms with Crippen molar-refractivity contribution in [2.45, 2.75) is 31.5 Å². The van der Waals surface area contributed by atoms with Gasteiger partial charge in [-0.1, -0.05) is 29.8 Å². The number of aliphatic hydroxyl groups excluding tert-OH is 1. The van der Waals surface area contributed by atoms with Crippen molar-refractivity contribution in [2.24, 2.45) is 0 Å². The lowest BCUT2D eigenvalue weighted by Crippen LogP contribution is -2.37. The Morgan fingerprint density at radius 1 is 0.946 bits per heavy atom. The molecule has 0 fully saturated rings. The summed E-state index contributed by atoms with van der Waals surface area (Å²) in [6, 6.07) is 12.1. The number of rotatable bonds is 6. The van der Waals surface area contributed by atoms with Crippen LogP contribution in [0.1, 0.15) is 11.1 Å². The van der Waals surface area contributed by atoms with E-state index in [0.29, 0.717) is 9.59 Å². The zero-order valence-electron chi connectivity index (χ0n) is 18.6. The van der Waals surface area contributed by atoms with Gasteiger partial charge in [0.2, 0.25) is 0 Å². The second kappa shape index (κ2) is 10.0. The van der Waals surface area contributed by atoms with Gasteiger partial charge < -0.3 is 5.11 Å². The largest absolute Gasteiger partial charge is 0.417 e. The first-order valence-electron chi connectivity index (χ1n) is 10.6. The maximum Gasteiger partial charge on any atom is 0.417 e. The molecular formula is C24H17ClF6N4O2. The Bertz CT molecular complexity index is 1460. The standard InChI is InChI=1S/C24H17ClF6N4O2/c25-17-7-5-15(6-8-17)21-33-35(22(37)34(21)13-20(36)24(29,30)31)12-14-9-16(11-32-10-14)18-3-1-2-4-19(18)23(26,27)28/h1-11,20,36H,12-13H2. The molecule has 194 valence electrons. The molecule has 4 aromatic rings. The summed E-state index contributed by atoms with van der Waals surface area (Å²) >= 11 is 5.87. The van der Waals surface area contributed by atoms with Crippen LogP contribution in [0.15, 0.2) is 71.8 Å². The van der Waals surface area contributed by atoms with E-state index >= 15 is 0 Å². The van der Waals surface area contributed by atoms with Crippen molar-refractivity contribution >= 4 is 11.6 Å². The third-order valence-electron chi connectivity index (χ3n) is 5.43. The first-order chi connectivity index (χ1) is 17.3. The molecule has 37 heavy (non-hydrogen) atoms. The minimum Gasteiger partial charge on any atom is -0.382 e. The van der Waals surface area contributed by atoms with Gasteiger partial charge in [-0.2, -0.15) is 26.3 Å². The topological polar surface area (TPSA) is 72.9 Å². The molecule has 2 heterocycles. The number of pyridine rings is 1. The van der Waals surface area contributed by atoms with Crippen LogP contribution in [0.5, 0.6) is 0 Å². The van der Waals surface area contributed by atoms with E-state index in [1.165, 1.54) is 60.9 Å². The molecule has 0 spiro atoms. The van der Waals surface area contributed by atoms with Crippen LogP contribution in [-0.2, 0) is 19.3 Å². The van der Waals surface area contributed by atoms with Crippen LogP contribution in [-0.4, -0.2) is 36.7 Å². The molecule has 0 saturated heterocycles. The predicted octanol–water partition coefficient (Wildman–Crippen LogP) is 5.42. The number of nitrogens with zero attached hydrogens (tertiary/aromatic N) is 4. The second-order valence-electron chi connectivity index (χ2n) is 8.06. The van der Waals surface area contributed by atoms with Crippen LogP contribution in [0, 0.1) is 0 Å². The van der Waals surface area contributed by atoms with Crippen LogP contribution < -0.4 is 5.69 Å².